The summed E-state index contributed by atoms with van der Waals surface area (Å²) in [5.41, 5.74) is 3.36. The number of hydrogen-bond acceptors (Lipinski definition) is 5. The van der Waals surface area contributed by atoms with E-state index in [1.807, 2.05) is 13.1 Å². The molecule has 0 saturated carbocycles. The summed E-state index contributed by atoms with van der Waals surface area (Å²) in [6.45, 7) is 6.11. The van der Waals surface area contributed by atoms with Crippen LogP contribution in [0.1, 0.15) is 35.7 Å². The quantitative estimate of drug-likeness (QED) is 0.837. The van der Waals surface area contributed by atoms with Crippen molar-refractivity contribution in [3.63, 3.8) is 0 Å². The first-order valence-electron chi connectivity index (χ1n) is 7.04. The molecule has 1 aliphatic rings. The van der Waals surface area contributed by atoms with E-state index in [2.05, 4.69) is 37.8 Å². The van der Waals surface area contributed by atoms with Crippen LogP contribution >= 0.6 is 0 Å². The predicted octanol–water partition coefficient (Wildman–Crippen LogP) is 2.27. The SMILES string of the molecule is Cc1cc(N2CCC[C@@H](c3ncncc3C)C2)ncn1. The van der Waals surface area contributed by atoms with E-state index in [0.29, 0.717) is 5.92 Å². The van der Waals surface area contributed by atoms with Crippen molar-refractivity contribution in [2.24, 2.45) is 0 Å². The van der Waals surface area contributed by atoms with Crippen LogP contribution in [0.25, 0.3) is 0 Å². The van der Waals surface area contributed by atoms with Crippen LogP contribution in [0.15, 0.2) is 24.9 Å². The Morgan fingerprint density at radius 3 is 2.85 bits per heavy atom. The molecule has 2 aromatic heterocycles. The van der Waals surface area contributed by atoms with E-state index in [4.69, 9.17) is 0 Å². The lowest BCUT2D eigenvalue weighted by atomic mass is 9.92. The average molecular weight is 269 g/mol. The second-order valence-corrected chi connectivity index (χ2v) is 5.39. The molecule has 0 spiro atoms. The number of anilines is 1. The highest BCUT2D eigenvalue weighted by molar-refractivity contribution is 5.40. The van der Waals surface area contributed by atoms with E-state index in [0.717, 1.165) is 31.0 Å². The van der Waals surface area contributed by atoms with Gasteiger partial charge in [-0.05, 0) is 32.3 Å². The van der Waals surface area contributed by atoms with Crippen molar-refractivity contribution >= 4 is 5.82 Å². The van der Waals surface area contributed by atoms with Gasteiger partial charge in [-0.2, -0.15) is 0 Å². The zero-order valence-corrected chi connectivity index (χ0v) is 12.0. The largest absolute Gasteiger partial charge is 0.356 e. The normalized spacial score (nSPS) is 19.1. The summed E-state index contributed by atoms with van der Waals surface area (Å²) in [5.74, 6) is 1.48. The second kappa shape index (κ2) is 5.53. The first kappa shape index (κ1) is 13.0. The summed E-state index contributed by atoms with van der Waals surface area (Å²) in [6, 6.07) is 2.05. The molecule has 0 aromatic carbocycles. The number of rotatable bonds is 2. The van der Waals surface area contributed by atoms with Crippen molar-refractivity contribution in [2.75, 3.05) is 18.0 Å². The van der Waals surface area contributed by atoms with Gasteiger partial charge in [-0.3, -0.25) is 0 Å². The van der Waals surface area contributed by atoms with Gasteiger partial charge in [-0.25, -0.2) is 19.9 Å². The Hall–Kier alpha value is -2.04. The number of nitrogens with zero attached hydrogens (tertiary/aromatic N) is 5. The molecule has 0 aliphatic carbocycles. The van der Waals surface area contributed by atoms with Crippen LogP contribution in [0.3, 0.4) is 0 Å². The zero-order valence-electron chi connectivity index (χ0n) is 12.0. The lowest BCUT2D eigenvalue weighted by Gasteiger charge is -2.33. The van der Waals surface area contributed by atoms with Gasteiger partial charge in [0, 0.05) is 37.0 Å². The molecule has 3 rings (SSSR count). The van der Waals surface area contributed by atoms with Crippen LogP contribution in [0.2, 0.25) is 0 Å². The molecule has 0 amide bonds. The number of hydrogen-bond donors (Lipinski definition) is 0. The molecule has 0 unspecified atom stereocenters. The summed E-state index contributed by atoms with van der Waals surface area (Å²) < 4.78 is 0. The Balaban J connectivity index is 1.82. The van der Waals surface area contributed by atoms with Gasteiger partial charge in [0.1, 0.15) is 18.5 Å². The Morgan fingerprint density at radius 2 is 2.05 bits per heavy atom. The Bertz CT molecular complexity index is 598. The molecule has 104 valence electrons. The van der Waals surface area contributed by atoms with Crippen molar-refractivity contribution in [2.45, 2.75) is 32.6 Å². The van der Waals surface area contributed by atoms with E-state index in [1.165, 1.54) is 17.7 Å². The third-order valence-corrected chi connectivity index (χ3v) is 3.86. The van der Waals surface area contributed by atoms with Crippen LogP contribution in [0.5, 0.6) is 0 Å². The first-order chi connectivity index (χ1) is 9.74. The molecule has 1 saturated heterocycles. The molecule has 1 atom stereocenters. The molecular formula is C15H19N5. The van der Waals surface area contributed by atoms with Gasteiger partial charge in [0.05, 0.1) is 5.69 Å². The smallest absolute Gasteiger partial charge is 0.132 e. The summed E-state index contributed by atoms with van der Waals surface area (Å²) in [7, 11) is 0. The van der Waals surface area contributed by atoms with E-state index < -0.39 is 0 Å². The number of aryl methyl sites for hydroxylation is 2. The van der Waals surface area contributed by atoms with Crippen molar-refractivity contribution in [3.05, 3.63) is 41.9 Å². The molecule has 0 radical (unpaired) electrons. The Kier molecular flexibility index (Phi) is 3.58. The van der Waals surface area contributed by atoms with Gasteiger partial charge in [-0.1, -0.05) is 0 Å². The summed E-state index contributed by atoms with van der Waals surface area (Å²) in [4.78, 5) is 19.5. The van der Waals surface area contributed by atoms with Gasteiger partial charge < -0.3 is 4.90 Å². The van der Waals surface area contributed by atoms with Gasteiger partial charge in [0.25, 0.3) is 0 Å². The third kappa shape index (κ3) is 2.61. The van der Waals surface area contributed by atoms with Crippen LogP contribution in [0, 0.1) is 13.8 Å². The first-order valence-corrected chi connectivity index (χ1v) is 7.04. The van der Waals surface area contributed by atoms with Crippen molar-refractivity contribution in [1.82, 2.24) is 19.9 Å². The average Bonchev–Trinajstić information content (AvgIpc) is 2.48. The summed E-state index contributed by atoms with van der Waals surface area (Å²) in [5, 5.41) is 0. The lowest BCUT2D eigenvalue weighted by Crippen LogP contribution is -2.35. The lowest BCUT2D eigenvalue weighted by molar-refractivity contribution is 0.495. The fraction of sp³-hybridized carbons (Fsp3) is 0.467. The molecule has 1 aliphatic heterocycles. The minimum atomic E-state index is 0.460. The van der Waals surface area contributed by atoms with Gasteiger partial charge in [0.15, 0.2) is 0 Å². The monoisotopic (exact) mass is 269 g/mol. The minimum Gasteiger partial charge on any atom is -0.356 e. The molecule has 3 heterocycles. The maximum Gasteiger partial charge on any atom is 0.132 e. The van der Waals surface area contributed by atoms with Crippen LogP contribution in [0.4, 0.5) is 5.82 Å². The number of piperidine rings is 1. The summed E-state index contributed by atoms with van der Waals surface area (Å²) >= 11 is 0. The second-order valence-electron chi connectivity index (χ2n) is 5.39. The summed E-state index contributed by atoms with van der Waals surface area (Å²) in [6.07, 6.45) is 7.53. The highest BCUT2D eigenvalue weighted by atomic mass is 15.2. The molecule has 5 nitrogen and oxygen atoms in total. The van der Waals surface area contributed by atoms with Crippen molar-refractivity contribution < 1.29 is 0 Å². The van der Waals surface area contributed by atoms with E-state index in [9.17, 15) is 0 Å². The maximum atomic E-state index is 4.48. The predicted molar refractivity (Wildman–Crippen MR) is 77.7 cm³/mol. The minimum absolute atomic E-state index is 0.460. The fourth-order valence-corrected chi connectivity index (χ4v) is 2.86. The highest BCUT2D eigenvalue weighted by Gasteiger charge is 2.24. The van der Waals surface area contributed by atoms with E-state index >= 15 is 0 Å². The van der Waals surface area contributed by atoms with E-state index in [-0.39, 0.29) is 0 Å². The zero-order chi connectivity index (χ0) is 13.9. The van der Waals surface area contributed by atoms with Gasteiger partial charge in [-0.15, -0.1) is 0 Å². The Labute approximate surface area is 119 Å². The maximum absolute atomic E-state index is 4.48. The van der Waals surface area contributed by atoms with Gasteiger partial charge >= 0.3 is 0 Å². The fourth-order valence-electron chi connectivity index (χ4n) is 2.86. The van der Waals surface area contributed by atoms with Crippen molar-refractivity contribution in [1.29, 1.82) is 0 Å². The molecule has 0 bridgehead atoms. The molecule has 20 heavy (non-hydrogen) atoms. The highest BCUT2D eigenvalue weighted by Crippen LogP contribution is 2.29. The molecule has 1 fully saturated rings. The Morgan fingerprint density at radius 1 is 1.15 bits per heavy atom. The van der Waals surface area contributed by atoms with Crippen LogP contribution in [-0.4, -0.2) is 33.0 Å². The standard InChI is InChI=1S/C15H19N5/c1-11-7-16-9-19-15(11)13-4-3-5-20(8-13)14-6-12(2)17-10-18-14/h6-7,9-10,13H,3-5,8H2,1-2H3/t13-/m1/s1. The van der Waals surface area contributed by atoms with Crippen LogP contribution in [-0.2, 0) is 0 Å². The van der Waals surface area contributed by atoms with Gasteiger partial charge in [0.2, 0.25) is 0 Å². The topological polar surface area (TPSA) is 54.8 Å². The molecule has 0 N–H and O–H groups in total. The number of aromatic nitrogens is 4. The molecular weight excluding hydrogens is 250 g/mol. The third-order valence-electron chi connectivity index (χ3n) is 3.86. The van der Waals surface area contributed by atoms with Crippen molar-refractivity contribution in [3.8, 4) is 0 Å². The molecule has 5 heteroatoms. The molecule has 2 aromatic rings. The van der Waals surface area contributed by atoms with Crippen LogP contribution < -0.4 is 4.90 Å². The van der Waals surface area contributed by atoms with E-state index in [1.54, 1.807) is 12.7 Å².